The van der Waals surface area contributed by atoms with Crippen molar-refractivity contribution in [1.82, 2.24) is 0 Å². The molecule has 0 atom stereocenters. The molecular formula is C48H31NO. The van der Waals surface area contributed by atoms with Crippen LogP contribution in [0.4, 0.5) is 17.1 Å². The lowest BCUT2D eigenvalue weighted by molar-refractivity contribution is 0.669. The van der Waals surface area contributed by atoms with Crippen LogP contribution in [0.2, 0.25) is 0 Å². The van der Waals surface area contributed by atoms with E-state index in [4.69, 9.17) is 4.42 Å². The normalized spacial score (nSPS) is 11.6. The zero-order chi connectivity index (χ0) is 33.0. The number of benzene rings is 9. The zero-order valence-corrected chi connectivity index (χ0v) is 27.3. The number of para-hydroxylation sites is 1. The molecule has 234 valence electrons. The molecule has 0 saturated carbocycles. The maximum absolute atomic E-state index is 6.22. The fourth-order valence-corrected chi connectivity index (χ4v) is 7.63. The number of hydrogen-bond donors (Lipinski definition) is 0. The van der Waals surface area contributed by atoms with Crippen LogP contribution in [0.5, 0.6) is 0 Å². The molecule has 2 nitrogen and oxygen atoms in total. The Morgan fingerprint density at radius 2 is 0.960 bits per heavy atom. The van der Waals surface area contributed by atoms with E-state index < -0.39 is 0 Å². The van der Waals surface area contributed by atoms with Gasteiger partial charge >= 0.3 is 0 Å². The third-order valence-corrected chi connectivity index (χ3v) is 10.0. The molecule has 1 aromatic heterocycles. The molecule has 10 aromatic rings. The summed E-state index contributed by atoms with van der Waals surface area (Å²) in [5.41, 5.74) is 9.93. The topological polar surface area (TPSA) is 16.4 Å². The van der Waals surface area contributed by atoms with Crippen LogP contribution < -0.4 is 4.90 Å². The van der Waals surface area contributed by atoms with Crippen molar-refractivity contribution in [2.75, 3.05) is 4.90 Å². The van der Waals surface area contributed by atoms with Crippen LogP contribution in [0.3, 0.4) is 0 Å². The number of anilines is 3. The van der Waals surface area contributed by atoms with E-state index in [2.05, 4.69) is 181 Å². The van der Waals surface area contributed by atoms with Crippen LogP contribution in [-0.4, -0.2) is 0 Å². The van der Waals surface area contributed by atoms with Gasteiger partial charge in [0.05, 0.1) is 5.69 Å². The Hall–Kier alpha value is -6.64. The van der Waals surface area contributed by atoms with Crippen molar-refractivity contribution >= 4 is 71.3 Å². The summed E-state index contributed by atoms with van der Waals surface area (Å²) in [6.07, 6.45) is 0. The first-order valence-corrected chi connectivity index (χ1v) is 17.1. The predicted molar refractivity (Wildman–Crippen MR) is 212 cm³/mol. The lowest BCUT2D eigenvalue weighted by atomic mass is 9.97. The van der Waals surface area contributed by atoms with Gasteiger partial charge in [0.1, 0.15) is 11.2 Å². The van der Waals surface area contributed by atoms with Crippen LogP contribution in [0.15, 0.2) is 192 Å². The molecule has 0 aliphatic carbocycles. The second-order valence-corrected chi connectivity index (χ2v) is 12.9. The molecule has 50 heavy (non-hydrogen) atoms. The molecule has 0 bridgehead atoms. The van der Waals surface area contributed by atoms with Gasteiger partial charge in [-0.15, -0.1) is 0 Å². The first kappa shape index (κ1) is 28.4. The Bertz CT molecular complexity index is 2870. The fourth-order valence-electron chi connectivity index (χ4n) is 7.63. The van der Waals surface area contributed by atoms with Crippen molar-refractivity contribution in [1.29, 1.82) is 0 Å². The molecule has 0 amide bonds. The Morgan fingerprint density at radius 3 is 1.82 bits per heavy atom. The minimum absolute atomic E-state index is 0.919. The summed E-state index contributed by atoms with van der Waals surface area (Å²) in [7, 11) is 0. The van der Waals surface area contributed by atoms with Crippen molar-refractivity contribution in [2.24, 2.45) is 0 Å². The van der Waals surface area contributed by atoms with Crippen LogP contribution in [-0.2, 0) is 0 Å². The molecule has 0 unspecified atom stereocenters. The van der Waals surface area contributed by atoms with E-state index in [-0.39, 0.29) is 0 Å². The molecule has 0 saturated heterocycles. The largest absolute Gasteiger partial charge is 0.456 e. The fraction of sp³-hybridized carbons (Fsp3) is 0. The first-order valence-electron chi connectivity index (χ1n) is 17.1. The summed E-state index contributed by atoms with van der Waals surface area (Å²) in [6, 6.07) is 67.6. The van der Waals surface area contributed by atoms with Crippen molar-refractivity contribution < 1.29 is 4.42 Å². The summed E-state index contributed by atoms with van der Waals surface area (Å²) < 4.78 is 6.22. The second kappa shape index (κ2) is 11.5. The second-order valence-electron chi connectivity index (χ2n) is 12.9. The average molecular weight is 638 g/mol. The van der Waals surface area contributed by atoms with E-state index in [0.29, 0.717) is 0 Å². The van der Waals surface area contributed by atoms with Crippen molar-refractivity contribution in [3.05, 3.63) is 188 Å². The predicted octanol–water partition coefficient (Wildman–Crippen LogP) is 13.8. The molecular weight excluding hydrogens is 607 g/mol. The highest BCUT2D eigenvalue weighted by molar-refractivity contribution is 6.19. The molecule has 0 N–H and O–H groups in total. The zero-order valence-electron chi connectivity index (χ0n) is 27.3. The SMILES string of the molecule is c1ccc(-c2cccc(N(c3ccc(-c4ccc5ccc6oc7ccccc7c6c5c4)cc3)c3cc4ccccc4c4ccccc34)c2)cc1. The van der Waals surface area contributed by atoms with Crippen molar-refractivity contribution in [3.63, 3.8) is 0 Å². The van der Waals surface area contributed by atoms with E-state index in [9.17, 15) is 0 Å². The van der Waals surface area contributed by atoms with E-state index in [1.165, 1.54) is 60.0 Å². The van der Waals surface area contributed by atoms with Crippen molar-refractivity contribution in [3.8, 4) is 22.3 Å². The monoisotopic (exact) mass is 637 g/mol. The maximum Gasteiger partial charge on any atom is 0.136 e. The minimum atomic E-state index is 0.919. The van der Waals surface area contributed by atoms with Gasteiger partial charge in [0.2, 0.25) is 0 Å². The summed E-state index contributed by atoms with van der Waals surface area (Å²) in [6.45, 7) is 0. The van der Waals surface area contributed by atoms with Gasteiger partial charge < -0.3 is 9.32 Å². The Kier molecular flexibility index (Phi) is 6.53. The number of rotatable bonds is 5. The standard InChI is InChI=1S/C48H31NO/c1-2-11-32(12-3-1)35-14-10-15-39(29-35)49(45-31-37-13-4-5-16-40(37)41-17-6-7-18-42(41)45)38-26-23-33(24-27-38)36-22-21-34-25-28-47-48(44(34)30-36)43-19-8-9-20-46(43)50-47/h1-31H. The van der Waals surface area contributed by atoms with Gasteiger partial charge in [-0.05, 0) is 97.7 Å². The minimum Gasteiger partial charge on any atom is -0.456 e. The molecule has 1 heterocycles. The van der Waals surface area contributed by atoms with Gasteiger partial charge in [-0.1, -0.05) is 140 Å². The summed E-state index contributed by atoms with van der Waals surface area (Å²) in [5.74, 6) is 0. The average Bonchev–Trinajstić information content (AvgIpc) is 3.58. The Morgan fingerprint density at radius 1 is 0.320 bits per heavy atom. The van der Waals surface area contributed by atoms with Gasteiger partial charge in [0.15, 0.2) is 0 Å². The van der Waals surface area contributed by atoms with E-state index in [1.807, 2.05) is 12.1 Å². The first-order chi connectivity index (χ1) is 24.8. The molecule has 2 heteroatoms. The van der Waals surface area contributed by atoms with Gasteiger partial charge in [-0.2, -0.15) is 0 Å². The number of nitrogens with zero attached hydrogens (tertiary/aromatic N) is 1. The van der Waals surface area contributed by atoms with E-state index in [0.717, 1.165) is 33.6 Å². The molecule has 0 aliphatic heterocycles. The van der Waals surface area contributed by atoms with Gasteiger partial charge in [-0.3, -0.25) is 0 Å². The third-order valence-electron chi connectivity index (χ3n) is 10.0. The molecule has 0 aliphatic rings. The molecule has 0 radical (unpaired) electrons. The van der Waals surface area contributed by atoms with Crippen LogP contribution in [0.25, 0.3) is 76.5 Å². The summed E-state index contributed by atoms with van der Waals surface area (Å²) in [5, 5.41) is 9.67. The highest BCUT2D eigenvalue weighted by atomic mass is 16.3. The molecule has 10 rings (SSSR count). The van der Waals surface area contributed by atoms with E-state index in [1.54, 1.807) is 0 Å². The number of hydrogen-bond acceptors (Lipinski definition) is 2. The van der Waals surface area contributed by atoms with E-state index >= 15 is 0 Å². The van der Waals surface area contributed by atoms with Crippen LogP contribution >= 0.6 is 0 Å². The van der Waals surface area contributed by atoms with Crippen LogP contribution in [0, 0.1) is 0 Å². The smallest absolute Gasteiger partial charge is 0.136 e. The summed E-state index contributed by atoms with van der Waals surface area (Å²) in [4.78, 5) is 2.41. The summed E-state index contributed by atoms with van der Waals surface area (Å²) >= 11 is 0. The number of furan rings is 1. The molecule has 9 aromatic carbocycles. The third kappa shape index (κ3) is 4.65. The quantitative estimate of drug-likeness (QED) is 0.175. The van der Waals surface area contributed by atoms with Gasteiger partial charge in [-0.25, -0.2) is 0 Å². The molecule has 0 spiro atoms. The number of fused-ring (bicyclic) bond motifs is 8. The van der Waals surface area contributed by atoms with Crippen LogP contribution in [0.1, 0.15) is 0 Å². The van der Waals surface area contributed by atoms with Crippen molar-refractivity contribution in [2.45, 2.75) is 0 Å². The highest BCUT2D eigenvalue weighted by Crippen LogP contribution is 2.43. The molecule has 0 fully saturated rings. The lowest BCUT2D eigenvalue weighted by Gasteiger charge is -2.28. The van der Waals surface area contributed by atoms with Gasteiger partial charge in [0, 0.05) is 27.5 Å². The maximum atomic E-state index is 6.22. The Labute approximate surface area is 290 Å². The highest BCUT2D eigenvalue weighted by Gasteiger charge is 2.18. The van der Waals surface area contributed by atoms with Gasteiger partial charge in [0.25, 0.3) is 0 Å². The lowest BCUT2D eigenvalue weighted by Crippen LogP contribution is -2.10. The Balaban J connectivity index is 1.15.